The molecule has 0 rings (SSSR count). The lowest BCUT2D eigenvalue weighted by Gasteiger charge is -2.19. The van der Waals surface area contributed by atoms with Crippen molar-refractivity contribution < 1.29 is 19.8 Å². The quantitative estimate of drug-likeness (QED) is 0.571. The maximum atomic E-state index is 11.5. The molecular formula is C12H23NO4. The number of ketones is 1. The summed E-state index contributed by atoms with van der Waals surface area (Å²) >= 11 is 0. The third kappa shape index (κ3) is 8.83. The molecule has 0 saturated carbocycles. The second-order valence-corrected chi connectivity index (χ2v) is 4.84. The molecule has 0 aromatic heterocycles. The van der Waals surface area contributed by atoms with Crippen molar-refractivity contribution in [3.05, 3.63) is 0 Å². The molecule has 5 heteroatoms. The van der Waals surface area contributed by atoms with E-state index in [1.165, 1.54) is 6.92 Å². The molecule has 100 valence electrons. The number of rotatable bonds is 8. The normalized spacial score (nSPS) is 14.5. The standard InChI is InChI=1S/C12H23NO4/c1-8(2)4-10(7-14)13-12(17)6-11(16)5-9(3)15/h8,10-11,14,16H,4-7H2,1-3H3,(H,13,17)/t10-,11+/m1/s1. The zero-order valence-electron chi connectivity index (χ0n) is 10.8. The molecule has 0 aliphatic rings. The van der Waals surface area contributed by atoms with Crippen molar-refractivity contribution in [1.29, 1.82) is 0 Å². The van der Waals surface area contributed by atoms with Crippen LogP contribution < -0.4 is 5.32 Å². The summed E-state index contributed by atoms with van der Waals surface area (Å²) in [5.74, 6) is -0.112. The van der Waals surface area contributed by atoms with Crippen LogP contribution in [-0.2, 0) is 9.59 Å². The van der Waals surface area contributed by atoms with E-state index in [0.717, 1.165) is 0 Å². The summed E-state index contributed by atoms with van der Waals surface area (Å²) in [5.41, 5.74) is 0. The van der Waals surface area contributed by atoms with Gasteiger partial charge in [-0.1, -0.05) is 13.8 Å². The van der Waals surface area contributed by atoms with Gasteiger partial charge in [0.25, 0.3) is 0 Å². The van der Waals surface area contributed by atoms with Crippen molar-refractivity contribution in [3.63, 3.8) is 0 Å². The van der Waals surface area contributed by atoms with E-state index in [1.807, 2.05) is 13.8 Å². The molecule has 2 atom stereocenters. The van der Waals surface area contributed by atoms with Gasteiger partial charge in [-0.15, -0.1) is 0 Å². The number of hydrogen-bond donors (Lipinski definition) is 3. The Morgan fingerprint density at radius 2 is 1.82 bits per heavy atom. The van der Waals surface area contributed by atoms with Gasteiger partial charge < -0.3 is 15.5 Å². The van der Waals surface area contributed by atoms with Crippen LogP contribution in [0.1, 0.15) is 40.0 Å². The summed E-state index contributed by atoms with van der Waals surface area (Å²) in [6.07, 6.45) is -0.369. The van der Waals surface area contributed by atoms with Gasteiger partial charge >= 0.3 is 0 Å². The number of aliphatic hydroxyl groups is 2. The van der Waals surface area contributed by atoms with Crippen LogP contribution in [0.25, 0.3) is 0 Å². The minimum atomic E-state index is -0.939. The van der Waals surface area contributed by atoms with Crippen LogP contribution in [0, 0.1) is 5.92 Å². The van der Waals surface area contributed by atoms with E-state index >= 15 is 0 Å². The Balaban J connectivity index is 4.01. The van der Waals surface area contributed by atoms with Crippen LogP contribution in [0.5, 0.6) is 0 Å². The molecule has 17 heavy (non-hydrogen) atoms. The summed E-state index contributed by atoms with van der Waals surface area (Å²) in [7, 11) is 0. The summed E-state index contributed by atoms with van der Waals surface area (Å²) < 4.78 is 0. The first-order valence-corrected chi connectivity index (χ1v) is 5.92. The molecule has 0 aliphatic carbocycles. The number of amides is 1. The fraction of sp³-hybridized carbons (Fsp3) is 0.833. The van der Waals surface area contributed by atoms with Crippen molar-refractivity contribution >= 4 is 11.7 Å². The van der Waals surface area contributed by atoms with Crippen LogP contribution >= 0.6 is 0 Å². The highest BCUT2D eigenvalue weighted by molar-refractivity contribution is 5.79. The number of aliphatic hydroxyl groups excluding tert-OH is 2. The van der Waals surface area contributed by atoms with Crippen molar-refractivity contribution in [2.24, 2.45) is 5.92 Å². The number of hydrogen-bond acceptors (Lipinski definition) is 4. The molecule has 0 radical (unpaired) electrons. The summed E-state index contributed by atoms with van der Waals surface area (Å²) in [6, 6.07) is -0.285. The molecule has 0 bridgehead atoms. The first-order chi connectivity index (χ1) is 7.85. The molecule has 3 N–H and O–H groups in total. The Morgan fingerprint density at radius 3 is 2.24 bits per heavy atom. The highest BCUT2D eigenvalue weighted by Gasteiger charge is 2.16. The van der Waals surface area contributed by atoms with Crippen LogP contribution in [0.3, 0.4) is 0 Å². The molecule has 0 spiro atoms. The largest absolute Gasteiger partial charge is 0.394 e. The van der Waals surface area contributed by atoms with E-state index in [1.54, 1.807) is 0 Å². The van der Waals surface area contributed by atoms with Gasteiger partial charge in [-0.2, -0.15) is 0 Å². The molecule has 0 aromatic carbocycles. The highest BCUT2D eigenvalue weighted by atomic mass is 16.3. The third-order valence-corrected chi connectivity index (χ3v) is 2.29. The van der Waals surface area contributed by atoms with E-state index in [2.05, 4.69) is 5.32 Å². The fourth-order valence-electron chi connectivity index (χ4n) is 1.65. The van der Waals surface area contributed by atoms with Crippen molar-refractivity contribution in [2.75, 3.05) is 6.61 Å². The predicted molar refractivity (Wildman–Crippen MR) is 64.4 cm³/mol. The van der Waals surface area contributed by atoms with Gasteiger partial charge in [0.15, 0.2) is 0 Å². The van der Waals surface area contributed by atoms with Gasteiger partial charge in [0.05, 0.1) is 25.2 Å². The average molecular weight is 245 g/mol. The Morgan fingerprint density at radius 1 is 1.24 bits per heavy atom. The smallest absolute Gasteiger partial charge is 0.222 e. The van der Waals surface area contributed by atoms with E-state index < -0.39 is 6.10 Å². The predicted octanol–water partition coefficient (Wildman–Crippen LogP) is 0.240. The van der Waals surface area contributed by atoms with E-state index in [4.69, 9.17) is 5.11 Å². The molecule has 0 aromatic rings. The van der Waals surface area contributed by atoms with Crippen LogP contribution in [-0.4, -0.2) is 40.7 Å². The van der Waals surface area contributed by atoms with Gasteiger partial charge in [0, 0.05) is 6.42 Å². The lowest BCUT2D eigenvalue weighted by molar-refractivity contribution is -0.125. The average Bonchev–Trinajstić information content (AvgIpc) is 2.13. The Labute approximate surface area is 102 Å². The highest BCUT2D eigenvalue weighted by Crippen LogP contribution is 2.05. The van der Waals surface area contributed by atoms with Crippen molar-refractivity contribution in [1.82, 2.24) is 5.32 Å². The second-order valence-electron chi connectivity index (χ2n) is 4.84. The van der Waals surface area contributed by atoms with Crippen molar-refractivity contribution in [3.8, 4) is 0 Å². The molecule has 0 saturated heterocycles. The Bertz CT molecular complexity index is 253. The first kappa shape index (κ1) is 16.1. The van der Waals surface area contributed by atoms with Gasteiger partial charge in [0.1, 0.15) is 5.78 Å². The minimum absolute atomic E-state index is 0.0125. The maximum Gasteiger partial charge on any atom is 0.222 e. The first-order valence-electron chi connectivity index (χ1n) is 5.92. The van der Waals surface area contributed by atoms with Crippen molar-refractivity contribution in [2.45, 2.75) is 52.2 Å². The van der Waals surface area contributed by atoms with Crippen LogP contribution in [0.15, 0.2) is 0 Å². The van der Waals surface area contributed by atoms with E-state index in [-0.39, 0.29) is 37.2 Å². The monoisotopic (exact) mass is 245 g/mol. The molecule has 5 nitrogen and oxygen atoms in total. The maximum absolute atomic E-state index is 11.5. The van der Waals surface area contributed by atoms with E-state index in [9.17, 15) is 14.7 Å². The van der Waals surface area contributed by atoms with Gasteiger partial charge in [-0.25, -0.2) is 0 Å². The lowest BCUT2D eigenvalue weighted by atomic mass is 10.0. The summed E-state index contributed by atoms with van der Waals surface area (Å²) in [4.78, 5) is 22.2. The molecule has 0 unspecified atom stereocenters. The number of carbonyl (C=O) groups is 2. The fourth-order valence-corrected chi connectivity index (χ4v) is 1.65. The second kappa shape index (κ2) is 8.20. The summed E-state index contributed by atoms with van der Waals surface area (Å²) in [6.45, 7) is 5.25. The van der Waals surface area contributed by atoms with E-state index in [0.29, 0.717) is 12.3 Å². The Kier molecular flexibility index (Phi) is 7.74. The summed E-state index contributed by atoms with van der Waals surface area (Å²) in [5, 5.41) is 21.1. The lowest BCUT2D eigenvalue weighted by Crippen LogP contribution is -2.39. The number of nitrogens with one attached hydrogen (secondary N) is 1. The minimum Gasteiger partial charge on any atom is -0.394 e. The molecule has 1 amide bonds. The zero-order valence-corrected chi connectivity index (χ0v) is 10.8. The SMILES string of the molecule is CC(=O)C[C@H](O)CC(=O)N[C@@H](CO)CC(C)C. The number of carbonyl (C=O) groups excluding carboxylic acids is 2. The molecule has 0 fully saturated rings. The van der Waals surface area contributed by atoms with Crippen LogP contribution in [0.4, 0.5) is 0 Å². The van der Waals surface area contributed by atoms with Gasteiger partial charge in [-0.05, 0) is 19.3 Å². The Hall–Kier alpha value is -0.940. The molecule has 0 heterocycles. The third-order valence-electron chi connectivity index (χ3n) is 2.29. The topological polar surface area (TPSA) is 86.6 Å². The van der Waals surface area contributed by atoms with Crippen LogP contribution in [0.2, 0.25) is 0 Å². The van der Waals surface area contributed by atoms with Gasteiger partial charge in [0.2, 0.25) is 5.91 Å². The molecule has 0 aliphatic heterocycles. The van der Waals surface area contributed by atoms with Gasteiger partial charge in [-0.3, -0.25) is 9.59 Å². The zero-order chi connectivity index (χ0) is 13.4. The molecular weight excluding hydrogens is 222 g/mol. The number of Topliss-reactive ketones (excluding diaryl/α,β-unsaturated/α-hetero) is 1.